The van der Waals surface area contributed by atoms with E-state index in [2.05, 4.69) is 24.3 Å². The number of aliphatic hydroxyl groups excluding tert-OH is 1. The molecule has 9 heavy (non-hydrogen) atoms. The zero-order chi connectivity index (χ0) is 6.53. The van der Waals surface area contributed by atoms with Crippen molar-refractivity contribution in [1.29, 1.82) is 0 Å². The molecule has 0 aromatic rings. The Hall–Kier alpha value is 0.154. The summed E-state index contributed by atoms with van der Waals surface area (Å²) in [5.41, 5.74) is 0. The second-order valence-electron chi connectivity index (χ2n) is 1.97. The number of hydrogen-bond acceptors (Lipinski definition) is 1. The predicted molar refractivity (Wildman–Crippen MR) is 33.9 cm³/mol. The molecule has 0 radical (unpaired) electrons. The molecule has 0 heterocycles. The normalized spacial score (nSPS) is 17.0. The molecule has 0 amide bonds. The molecule has 1 nitrogen and oxygen atoms in total. The molecule has 0 atom stereocenters. The van der Waals surface area contributed by atoms with Crippen LogP contribution in [0, 0.1) is 0 Å². The van der Waals surface area contributed by atoms with Gasteiger partial charge in [0.05, 0.1) is 0 Å². The van der Waals surface area contributed by atoms with Crippen LogP contribution in [-0.2, 0) is 19.2 Å². The van der Waals surface area contributed by atoms with Crippen LogP contribution in [-0.4, -0.2) is 11.7 Å². The van der Waals surface area contributed by atoms with Gasteiger partial charge in [-0.1, -0.05) is 0 Å². The van der Waals surface area contributed by atoms with Crippen molar-refractivity contribution in [1.82, 2.24) is 0 Å². The number of aliphatic hydroxyl groups is 1. The summed E-state index contributed by atoms with van der Waals surface area (Å²) < 4.78 is 1.76. The van der Waals surface area contributed by atoms with Gasteiger partial charge >= 0.3 is 64.1 Å². The summed E-state index contributed by atoms with van der Waals surface area (Å²) in [4.78, 5) is 0. The molecule has 0 aliphatic heterocycles. The number of allylic oxidation sites excluding steroid dienone is 4. The Morgan fingerprint density at radius 2 is 2.00 bits per heavy atom. The van der Waals surface area contributed by atoms with Crippen molar-refractivity contribution in [3.63, 3.8) is 0 Å². The van der Waals surface area contributed by atoms with Gasteiger partial charge in [-0.3, -0.25) is 0 Å². The van der Waals surface area contributed by atoms with Crippen molar-refractivity contribution in [2.45, 2.75) is 8.95 Å². The van der Waals surface area contributed by atoms with Crippen LogP contribution >= 0.6 is 0 Å². The average Bonchev–Trinajstić information content (AvgIpc) is 2.34. The Kier molecular flexibility index (Phi) is 3.27. The van der Waals surface area contributed by atoms with E-state index in [1.165, 1.54) is 0 Å². The van der Waals surface area contributed by atoms with Crippen LogP contribution < -0.4 is 0 Å². The van der Waals surface area contributed by atoms with E-state index < -0.39 is 0 Å². The molecule has 1 aliphatic rings. The molecule has 1 N–H and O–H groups in total. The first-order valence-corrected chi connectivity index (χ1v) is 5.13. The molecule has 48 valence electrons. The zero-order valence-corrected chi connectivity index (χ0v) is 6.81. The maximum atomic E-state index is 8.51. The van der Waals surface area contributed by atoms with Crippen LogP contribution in [0.3, 0.4) is 0 Å². The first-order valence-electron chi connectivity index (χ1n) is 3.13. The molecule has 2 heteroatoms. The van der Waals surface area contributed by atoms with Crippen LogP contribution in [0.25, 0.3) is 0 Å². The summed E-state index contributed by atoms with van der Waals surface area (Å²) in [6, 6.07) is 0. The van der Waals surface area contributed by atoms with Crippen LogP contribution in [0.2, 0.25) is 8.95 Å². The third kappa shape index (κ3) is 2.48. The molecule has 0 saturated heterocycles. The van der Waals surface area contributed by atoms with E-state index in [9.17, 15) is 0 Å². The fourth-order valence-electron chi connectivity index (χ4n) is 0.799. The average molecular weight is 158 g/mol. The van der Waals surface area contributed by atoms with Crippen LogP contribution in [0.4, 0.5) is 0 Å². The van der Waals surface area contributed by atoms with E-state index in [1.807, 2.05) is 0 Å². The summed E-state index contributed by atoms with van der Waals surface area (Å²) in [7, 11) is 0. The fraction of sp³-hybridized carbons (Fsp3) is 0.429. The quantitative estimate of drug-likeness (QED) is 0.615. The monoisotopic (exact) mass is 158 g/mol. The van der Waals surface area contributed by atoms with Crippen LogP contribution in [0.15, 0.2) is 24.3 Å². The Balaban J connectivity index is 2.13. The molecule has 0 aromatic heterocycles. The fourth-order valence-corrected chi connectivity index (χ4v) is 2.29. The van der Waals surface area contributed by atoms with Crippen molar-refractivity contribution in [3.05, 3.63) is 24.3 Å². The van der Waals surface area contributed by atoms with Gasteiger partial charge in [0.25, 0.3) is 0 Å². The second kappa shape index (κ2) is 4.05. The molecule has 0 fully saturated rings. The van der Waals surface area contributed by atoms with Crippen molar-refractivity contribution in [2.75, 3.05) is 6.61 Å². The van der Waals surface area contributed by atoms with E-state index in [4.69, 9.17) is 5.11 Å². The SMILES string of the molecule is OC[CH2][Ti][CH]1C=CC=C1. The van der Waals surface area contributed by atoms with E-state index in [0.29, 0.717) is 6.61 Å². The van der Waals surface area contributed by atoms with Crippen LogP contribution in [0.1, 0.15) is 0 Å². The number of rotatable bonds is 3. The van der Waals surface area contributed by atoms with Crippen LogP contribution in [0.5, 0.6) is 0 Å². The first-order chi connectivity index (χ1) is 4.43. The van der Waals surface area contributed by atoms with Crippen molar-refractivity contribution < 1.29 is 24.3 Å². The zero-order valence-electron chi connectivity index (χ0n) is 5.25. The summed E-state index contributed by atoms with van der Waals surface area (Å²) in [5.74, 6) is 0. The van der Waals surface area contributed by atoms with Gasteiger partial charge in [0, 0.05) is 0 Å². The Labute approximate surface area is 64.4 Å². The van der Waals surface area contributed by atoms with Gasteiger partial charge in [0.15, 0.2) is 0 Å². The van der Waals surface area contributed by atoms with Gasteiger partial charge in [-0.2, -0.15) is 0 Å². The Bertz CT molecular complexity index is 117. The molecule has 0 spiro atoms. The minimum atomic E-state index is 0.0764. The van der Waals surface area contributed by atoms with Gasteiger partial charge in [0.1, 0.15) is 0 Å². The van der Waals surface area contributed by atoms with Gasteiger partial charge < -0.3 is 0 Å². The predicted octanol–water partition coefficient (Wildman–Crippen LogP) is 1.39. The third-order valence-electron chi connectivity index (χ3n) is 1.24. The van der Waals surface area contributed by atoms with Gasteiger partial charge in [-0.05, 0) is 0 Å². The van der Waals surface area contributed by atoms with Crippen molar-refractivity contribution in [3.8, 4) is 0 Å². The molecule has 1 aliphatic carbocycles. The van der Waals surface area contributed by atoms with Gasteiger partial charge in [-0.15, -0.1) is 0 Å². The molecular weight excluding hydrogens is 148 g/mol. The van der Waals surface area contributed by atoms with E-state index in [1.54, 1.807) is 0 Å². The van der Waals surface area contributed by atoms with Gasteiger partial charge in [0.2, 0.25) is 0 Å². The molecular formula is C7H10OTi. The maximum absolute atomic E-state index is 8.51. The summed E-state index contributed by atoms with van der Waals surface area (Å²) >= 11 is 0.0764. The summed E-state index contributed by atoms with van der Waals surface area (Å²) in [6.07, 6.45) is 8.61. The number of hydrogen-bond donors (Lipinski definition) is 1. The molecule has 1 rings (SSSR count). The van der Waals surface area contributed by atoms with E-state index in [0.717, 1.165) is 8.95 Å². The molecule has 0 saturated carbocycles. The molecule has 0 unspecified atom stereocenters. The Morgan fingerprint density at radius 3 is 2.56 bits per heavy atom. The first kappa shape index (κ1) is 7.26. The van der Waals surface area contributed by atoms with E-state index >= 15 is 0 Å². The summed E-state index contributed by atoms with van der Waals surface area (Å²) in [6.45, 7) is 0.373. The second-order valence-corrected chi connectivity index (χ2v) is 4.43. The standard InChI is InChI=1S/C5H5.C2H5O.Ti/c1-2-4-5-3-1;1-2-3;/h1-5H;3H,1-2H2;. The Morgan fingerprint density at radius 1 is 1.33 bits per heavy atom. The van der Waals surface area contributed by atoms with Crippen molar-refractivity contribution >= 4 is 0 Å². The minimum absolute atomic E-state index is 0.0764. The molecule has 0 bridgehead atoms. The van der Waals surface area contributed by atoms with Gasteiger partial charge in [-0.25, -0.2) is 0 Å². The van der Waals surface area contributed by atoms with Crippen molar-refractivity contribution in [2.24, 2.45) is 0 Å². The summed E-state index contributed by atoms with van der Waals surface area (Å²) in [5, 5.41) is 8.51. The topological polar surface area (TPSA) is 20.2 Å². The molecule has 0 aromatic carbocycles. The third-order valence-corrected chi connectivity index (χ3v) is 3.38. The van der Waals surface area contributed by atoms with E-state index in [-0.39, 0.29) is 19.2 Å².